The highest BCUT2D eigenvalue weighted by Crippen LogP contribution is 2.24. The third-order valence-electron chi connectivity index (χ3n) is 6.90. The average molecular weight is 551 g/mol. The van der Waals surface area contributed by atoms with Crippen molar-refractivity contribution in [2.45, 2.75) is 56.5 Å². The fraction of sp³-hybridized carbons (Fsp3) is 0.355. The molecule has 5 nitrogen and oxygen atoms in total. The Balaban J connectivity index is 1.58. The van der Waals surface area contributed by atoms with Crippen molar-refractivity contribution in [3.63, 3.8) is 0 Å². The van der Waals surface area contributed by atoms with Crippen molar-refractivity contribution < 1.29 is 14.3 Å². The number of hydrogen-bond acceptors (Lipinski definition) is 4. The van der Waals surface area contributed by atoms with Gasteiger partial charge in [0.1, 0.15) is 11.8 Å². The summed E-state index contributed by atoms with van der Waals surface area (Å²) in [6.45, 7) is 0.318. The van der Waals surface area contributed by atoms with Crippen molar-refractivity contribution in [3.05, 3.63) is 101 Å². The molecule has 1 fully saturated rings. The Morgan fingerprint density at radius 2 is 1.71 bits per heavy atom. The summed E-state index contributed by atoms with van der Waals surface area (Å²) in [5.74, 6) is 1.42. The van der Waals surface area contributed by atoms with E-state index in [0.717, 1.165) is 48.1 Å². The quantitative estimate of drug-likeness (QED) is 0.288. The lowest BCUT2D eigenvalue weighted by Gasteiger charge is -2.32. The molecule has 0 spiro atoms. The Labute approximate surface area is 234 Å². The molecule has 1 atom stereocenters. The van der Waals surface area contributed by atoms with Gasteiger partial charge in [0.15, 0.2) is 0 Å². The smallest absolute Gasteiger partial charge is 0.243 e. The Bertz CT molecular complexity index is 1200. The van der Waals surface area contributed by atoms with Gasteiger partial charge in [-0.25, -0.2) is 0 Å². The number of amides is 2. The monoisotopic (exact) mass is 550 g/mol. The number of halogens is 1. The van der Waals surface area contributed by atoms with E-state index >= 15 is 0 Å². The molecule has 7 heteroatoms. The Hall–Kier alpha value is -2.96. The highest BCUT2D eigenvalue weighted by atomic mass is 35.5. The van der Waals surface area contributed by atoms with Gasteiger partial charge in [-0.15, -0.1) is 11.8 Å². The van der Waals surface area contributed by atoms with Crippen molar-refractivity contribution >= 4 is 35.2 Å². The third kappa shape index (κ3) is 8.02. The lowest BCUT2D eigenvalue weighted by molar-refractivity contribution is -0.139. The van der Waals surface area contributed by atoms with Crippen molar-refractivity contribution in [2.75, 3.05) is 12.9 Å². The van der Waals surface area contributed by atoms with Crippen LogP contribution in [0.2, 0.25) is 5.02 Å². The van der Waals surface area contributed by atoms with E-state index in [4.69, 9.17) is 16.3 Å². The van der Waals surface area contributed by atoms with E-state index in [1.807, 2.05) is 78.9 Å². The number of benzene rings is 3. The minimum absolute atomic E-state index is 0.0765. The number of carbonyl (C=O) groups is 2. The molecule has 3 aromatic rings. The molecule has 38 heavy (non-hydrogen) atoms. The van der Waals surface area contributed by atoms with Gasteiger partial charge >= 0.3 is 0 Å². The minimum atomic E-state index is -0.627. The van der Waals surface area contributed by atoms with Crippen molar-refractivity contribution in [3.8, 4) is 5.75 Å². The van der Waals surface area contributed by atoms with Gasteiger partial charge in [-0.05, 0) is 47.7 Å². The lowest BCUT2D eigenvalue weighted by Crippen LogP contribution is -2.52. The Morgan fingerprint density at radius 1 is 1.00 bits per heavy atom. The number of nitrogens with one attached hydrogen (secondary N) is 1. The van der Waals surface area contributed by atoms with E-state index in [0.29, 0.717) is 23.7 Å². The van der Waals surface area contributed by atoms with Crippen LogP contribution in [-0.4, -0.2) is 41.7 Å². The number of thioether (sulfide) groups is 1. The number of methoxy groups -OCH3 is 1. The molecule has 0 aromatic heterocycles. The molecular weight excluding hydrogens is 516 g/mol. The van der Waals surface area contributed by atoms with E-state index in [9.17, 15) is 9.59 Å². The molecule has 3 aromatic carbocycles. The summed E-state index contributed by atoms with van der Waals surface area (Å²) in [4.78, 5) is 29.3. The normalized spacial score (nSPS) is 14.2. The predicted octanol–water partition coefficient (Wildman–Crippen LogP) is 6.28. The van der Waals surface area contributed by atoms with E-state index in [-0.39, 0.29) is 23.6 Å². The standard InChI is InChI=1S/C31H35ClN2O3S/c1-37-27-16-9-12-24(18-27)20-34(30(35)22-38-21-25-13-5-8-17-28(25)32)29(19-23-10-3-2-4-11-23)31(36)33-26-14-6-7-15-26/h2-5,8-13,16-18,26,29H,6-7,14-15,19-22H2,1H3,(H,33,36)/t29-/m1/s1. The zero-order valence-electron chi connectivity index (χ0n) is 21.8. The first-order valence-corrected chi connectivity index (χ1v) is 14.6. The molecule has 0 bridgehead atoms. The van der Waals surface area contributed by atoms with E-state index in [2.05, 4.69) is 5.32 Å². The first-order valence-electron chi connectivity index (χ1n) is 13.1. The second kappa shape index (κ2) is 14.3. The molecule has 2 amide bonds. The average Bonchev–Trinajstić information content (AvgIpc) is 3.45. The number of rotatable bonds is 12. The zero-order valence-corrected chi connectivity index (χ0v) is 23.3. The molecule has 200 valence electrons. The van der Waals surface area contributed by atoms with Gasteiger partial charge in [-0.3, -0.25) is 9.59 Å². The summed E-state index contributed by atoms with van der Waals surface area (Å²) in [6, 6.07) is 24.8. The molecule has 0 heterocycles. The SMILES string of the molecule is COc1cccc(CN(C(=O)CSCc2ccccc2Cl)[C@H](Cc2ccccc2)C(=O)NC2CCCC2)c1. The maximum Gasteiger partial charge on any atom is 0.243 e. The largest absolute Gasteiger partial charge is 0.497 e. The van der Waals surface area contributed by atoms with Crippen molar-refractivity contribution in [1.29, 1.82) is 0 Å². The highest BCUT2D eigenvalue weighted by molar-refractivity contribution is 7.99. The molecule has 1 aliphatic carbocycles. The van der Waals surface area contributed by atoms with Crippen LogP contribution in [0.15, 0.2) is 78.9 Å². The molecule has 0 aliphatic heterocycles. The van der Waals surface area contributed by atoms with Gasteiger partial charge < -0.3 is 15.0 Å². The molecule has 0 saturated heterocycles. The number of hydrogen-bond donors (Lipinski definition) is 1. The van der Waals surface area contributed by atoms with Crippen molar-refractivity contribution in [2.24, 2.45) is 0 Å². The summed E-state index contributed by atoms with van der Waals surface area (Å²) >= 11 is 7.84. The second-order valence-corrected chi connectivity index (χ2v) is 11.0. The summed E-state index contributed by atoms with van der Waals surface area (Å²) in [5, 5.41) is 3.94. The second-order valence-electron chi connectivity index (χ2n) is 9.65. The van der Waals surface area contributed by atoms with Gasteiger partial charge in [0.25, 0.3) is 0 Å². The van der Waals surface area contributed by atoms with Crippen LogP contribution in [0.3, 0.4) is 0 Å². The fourth-order valence-corrected chi connectivity index (χ4v) is 6.03. The molecule has 4 rings (SSSR count). The predicted molar refractivity (Wildman–Crippen MR) is 155 cm³/mol. The number of nitrogens with zero attached hydrogens (tertiary/aromatic N) is 1. The van der Waals surface area contributed by atoms with E-state index in [1.165, 1.54) is 11.8 Å². The van der Waals surface area contributed by atoms with Crippen LogP contribution in [0.1, 0.15) is 42.4 Å². The van der Waals surface area contributed by atoms with Gasteiger partial charge in [0, 0.05) is 29.8 Å². The zero-order chi connectivity index (χ0) is 26.7. The highest BCUT2D eigenvalue weighted by Gasteiger charge is 2.32. The van der Waals surface area contributed by atoms with Crippen LogP contribution in [0.5, 0.6) is 5.75 Å². The Morgan fingerprint density at radius 3 is 2.45 bits per heavy atom. The van der Waals surface area contributed by atoms with Crippen LogP contribution >= 0.6 is 23.4 Å². The Kier molecular flexibility index (Phi) is 10.5. The summed E-state index contributed by atoms with van der Waals surface area (Å²) in [7, 11) is 1.63. The minimum Gasteiger partial charge on any atom is -0.497 e. The molecule has 1 N–H and O–H groups in total. The van der Waals surface area contributed by atoms with E-state index < -0.39 is 6.04 Å². The van der Waals surface area contributed by atoms with Gasteiger partial charge in [0.2, 0.25) is 11.8 Å². The third-order valence-corrected chi connectivity index (χ3v) is 8.24. The van der Waals surface area contributed by atoms with Crippen LogP contribution < -0.4 is 10.1 Å². The fourth-order valence-electron chi connectivity index (χ4n) is 4.84. The molecule has 1 aliphatic rings. The topological polar surface area (TPSA) is 58.6 Å². The number of ether oxygens (including phenoxy) is 1. The number of carbonyl (C=O) groups excluding carboxylic acids is 2. The lowest BCUT2D eigenvalue weighted by atomic mass is 10.0. The molecule has 1 saturated carbocycles. The molecular formula is C31H35ClN2O3S. The van der Waals surface area contributed by atoms with Gasteiger partial charge in [-0.1, -0.05) is 85.1 Å². The summed E-state index contributed by atoms with van der Waals surface area (Å²) in [5.41, 5.74) is 2.93. The van der Waals surface area contributed by atoms with Gasteiger partial charge in [0.05, 0.1) is 12.9 Å². The van der Waals surface area contributed by atoms with E-state index in [1.54, 1.807) is 12.0 Å². The van der Waals surface area contributed by atoms with Crippen LogP contribution in [0.25, 0.3) is 0 Å². The summed E-state index contributed by atoms with van der Waals surface area (Å²) < 4.78 is 5.41. The van der Waals surface area contributed by atoms with Crippen molar-refractivity contribution in [1.82, 2.24) is 10.2 Å². The first kappa shape index (κ1) is 28.1. The van der Waals surface area contributed by atoms with Crippen LogP contribution in [-0.2, 0) is 28.3 Å². The molecule has 0 radical (unpaired) electrons. The molecule has 0 unspecified atom stereocenters. The maximum absolute atomic E-state index is 13.8. The maximum atomic E-state index is 13.8. The first-order chi connectivity index (χ1) is 18.5. The van der Waals surface area contributed by atoms with Crippen LogP contribution in [0, 0.1) is 0 Å². The van der Waals surface area contributed by atoms with Crippen LogP contribution in [0.4, 0.5) is 0 Å². The van der Waals surface area contributed by atoms with Gasteiger partial charge in [-0.2, -0.15) is 0 Å². The summed E-state index contributed by atoms with van der Waals surface area (Å²) in [6.07, 6.45) is 4.67.